The topological polar surface area (TPSA) is 40.0 Å². The first-order valence-electron chi connectivity index (χ1n) is 8.33. The lowest BCUT2D eigenvalue weighted by molar-refractivity contribution is -0.152. The highest BCUT2D eigenvalue weighted by molar-refractivity contribution is 9.10. The molecule has 0 fully saturated rings. The zero-order chi connectivity index (χ0) is 19.9. The predicted molar refractivity (Wildman–Crippen MR) is 104 cm³/mol. The molecular weight excluding hydrogens is 429 g/mol. The van der Waals surface area contributed by atoms with E-state index in [1.807, 2.05) is 24.5 Å². The van der Waals surface area contributed by atoms with Crippen molar-refractivity contribution in [3.63, 3.8) is 0 Å². The third-order valence-electron chi connectivity index (χ3n) is 3.86. The minimum atomic E-state index is -4.56. The van der Waals surface area contributed by atoms with Crippen LogP contribution in [0.5, 0.6) is 0 Å². The Bertz CT molecular complexity index is 768. The number of aromatic nitrogens is 1. The standard InChI is InChI=1S/C18H24BrF3N2OS/c1-11(2)9-24-10-14(13-7-6-12(19)8-15(13)24)16(18(20,21)22)23-26(25)17(3,4)5/h6-8,10-11,16,23H,9H2,1-5H3/t16-,26?/m0/s1. The summed E-state index contributed by atoms with van der Waals surface area (Å²) in [6, 6.07) is 3.21. The number of nitrogens with zero attached hydrogens (tertiary/aromatic N) is 1. The van der Waals surface area contributed by atoms with Gasteiger partial charge in [0.15, 0.2) is 6.04 Å². The van der Waals surface area contributed by atoms with Gasteiger partial charge in [-0.3, -0.25) is 0 Å². The molecule has 0 aliphatic heterocycles. The molecule has 0 bridgehead atoms. The van der Waals surface area contributed by atoms with Crippen molar-refractivity contribution >= 4 is 38.2 Å². The summed E-state index contributed by atoms with van der Waals surface area (Å²) < 4.78 is 57.9. The quantitative estimate of drug-likeness (QED) is 0.589. The number of nitrogens with one attached hydrogen (secondary N) is 1. The molecule has 0 spiro atoms. The fraction of sp³-hybridized carbons (Fsp3) is 0.556. The van der Waals surface area contributed by atoms with Gasteiger partial charge in [0.05, 0.1) is 0 Å². The lowest BCUT2D eigenvalue weighted by Crippen LogP contribution is -2.45. The van der Waals surface area contributed by atoms with Gasteiger partial charge >= 0.3 is 6.18 Å². The van der Waals surface area contributed by atoms with Crippen molar-refractivity contribution in [2.75, 3.05) is 0 Å². The van der Waals surface area contributed by atoms with Crippen molar-refractivity contribution in [3.05, 3.63) is 34.4 Å². The lowest BCUT2D eigenvalue weighted by atomic mass is 10.1. The molecule has 1 unspecified atom stereocenters. The van der Waals surface area contributed by atoms with Crippen molar-refractivity contribution in [2.45, 2.75) is 58.1 Å². The largest absolute Gasteiger partial charge is 0.598 e. The number of hydrogen-bond donors (Lipinski definition) is 1. The van der Waals surface area contributed by atoms with E-state index in [1.165, 1.54) is 6.20 Å². The summed E-state index contributed by atoms with van der Waals surface area (Å²) in [5, 5.41) is 0.509. The Morgan fingerprint density at radius 1 is 1.23 bits per heavy atom. The van der Waals surface area contributed by atoms with Crippen LogP contribution in [0.15, 0.2) is 28.9 Å². The van der Waals surface area contributed by atoms with Gasteiger partial charge in [-0.15, -0.1) is 4.72 Å². The second-order valence-electron chi connectivity index (χ2n) is 7.77. The summed E-state index contributed by atoms with van der Waals surface area (Å²) in [5.74, 6) is 0.276. The van der Waals surface area contributed by atoms with E-state index in [0.717, 1.165) is 9.99 Å². The molecule has 0 amide bonds. The van der Waals surface area contributed by atoms with Crippen molar-refractivity contribution in [3.8, 4) is 0 Å². The fourth-order valence-electron chi connectivity index (χ4n) is 2.66. The number of hydrogen-bond acceptors (Lipinski definition) is 2. The zero-order valence-corrected chi connectivity index (χ0v) is 17.8. The van der Waals surface area contributed by atoms with Crippen LogP contribution in [0.2, 0.25) is 0 Å². The van der Waals surface area contributed by atoms with Crippen LogP contribution in [0.25, 0.3) is 10.9 Å². The SMILES string of the molecule is CC(C)Cn1cc([C@H](N[S+]([O-])C(C)(C)C)C(F)(F)F)c2ccc(Br)cc21. The molecule has 3 nitrogen and oxygen atoms in total. The van der Waals surface area contributed by atoms with Crippen LogP contribution in [0.3, 0.4) is 0 Å². The summed E-state index contributed by atoms with van der Waals surface area (Å²) in [6.45, 7) is 9.54. The minimum Gasteiger partial charge on any atom is -0.598 e. The Labute approximate surface area is 163 Å². The molecule has 0 saturated heterocycles. The molecule has 8 heteroatoms. The van der Waals surface area contributed by atoms with Crippen molar-refractivity contribution in [1.82, 2.24) is 9.29 Å². The third kappa shape index (κ3) is 4.97. The molecule has 1 N–H and O–H groups in total. The first-order valence-corrected chi connectivity index (χ1v) is 10.3. The van der Waals surface area contributed by atoms with E-state index in [4.69, 9.17) is 0 Å². The Morgan fingerprint density at radius 3 is 2.35 bits per heavy atom. The van der Waals surface area contributed by atoms with Crippen molar-refractivity contribution < 1.29 is 17.7 Å². The molecule has 1 aromatic heterocycles. The Kier molecular flexibility index (Phi) is 6.42. The van der Waals surface area contributed by atoms with Gasteiger partial charge in [0.2, 0.25) is 0 Å². The average Bonchev–Trinajstić information content (AvgIpc) is 2.79. The average molecular weight is 453 g/mol. The number of benzene rings is 1. The van der Waals surface area contributed by atoms with Crippen LogP contribution in [0, 0.1) is 5.92 Å². The molecule has 146 valence electrons. The summed E-state index contributed by atoms with van der Waals surface area (Å²) in [7, 11) is 0. The van der Waals surface area contributed by atoms with Crippen LogP contribution in [0.1, 0.15) is 46.2 Å². The summed E-state index contributed by atoms with van der Waals surface area (Å²) >= 11 is 1.53. The lowest BCUT2D eigenvalue weighted by Gasteiger charge is -2.28. The van der Waals surface area contributed by atoms with Gasteiger partial charge in [0.1, 0.15) is 4.75 Å². The molecule has 2 rings (SSSR count). The van der Waals surface area contributed by atoms with Gasteiger partial charge in [-0.05, 0) is 38.8 Å². The van der Waals surface area contributed by atoms with E-state index in [-0.39, 0.29) is 11.5 Å². The second kappa shape index (κ2) is 7.73. The van der Waals surface area contributed by atoms with Crippen LogP contribution < -0.4 is 4.72 Å². The number of halogens is 4. The van der Waals surface area contributed by atoms with Crippen molar-refractivity contribution in [1.29, 1.82) is 0 Å². The van der Waals surface area contributed by atoms with Gasteiger partial charge in [-0.25, -0.2) is 0 Å². The number of alkyl halides is 3. The fourth-order valence-corrected chi connectivity index (χ4v) is 3.84. The van der Waals surface area contributed by atoms with Gasteiger partial charge in [-0.1, -0.05) is 35.8 Å². The van der Waals surface area contributed by atoms with Gasteiger partial charge in [0.25, 0.3) is 0 Å². The molecule has 26 heavy (non-hydrogen) atoms. The van der Waals surface area contributed by atoms with Crippen molar-refractivity contribution in [2.24, 2.45) is 5.92 Å². The first-order chi connectivity index (χ1) is 11.8. The van der Waals surface area contributed by atoms with Gasteiger partial charge < -0.3 is 9.12 Å². The maximum atomic E-state index is 13.8. The Hall–Kier alpha value is -0.700. The number of fused-ring (bicyclic) bond motifs is 1. The highest BCUT2D eigenvalue weighted by atomic mass is 79.9. The minimum absolute atomic E-state index is 0.0956. The number of rotatable bonds is 5. The maximum absolute atomic E-state index is 13.8. The monoisotopic (exact) mass is 452 g/mol. The zero-order valence-electron chi connectivity index (χ0n) is 15.4. The van der Waals surface area contributed by atoms with Crippen LogP contribution >= 0.6 is 15.9 Å². The smallest absolute Gasteiger partial charge is 0.412 e. The molecule has 0 aliphatic rings. The maximum Gasteiger partial charge on any atom is 0.412 e. The van der Waals surface area contributed by atoms with E-state index in [2.05, 4.69) is 20.7 Å². The molecular formula is C18H24BrF3N2OS. The van der Waals surface area contributed by atoms with E-state index in [0.29, 0.717) is 11.9 Å². The molecule has 0 aliphatic carbocycles. The van der Waals surface area contributed by atoms with Crippen LogP contribution in [-0.4, -0.2) is 20.0 Å². The Balaban J connectivity index is 2.59. The molecule has 1 heterocycles. The van der Waals surface area contributed by atoms with Gasteiger partial charge in [0, 0.05) is 45.0 Å². The predicted octanol–water partition coefficient (Wildman–Crippen LogP) is 5.72. The molecule has 0 radical (unpaired) electrons. The van der Waals surface area contributed by atoms with E-state index in [9.17, 15) is 17.7 Å². The summed E-state index contributed by atoms with van der Waals surface area (Å²) in [4.78, 5) is 0. The highest BCUT2D eigenvalue weighted by Crippen LogP contribution is 2.39. The summed E-state index contributed by atoms with van der Waals surface area (Å²) in [6.07, 6.45) is -3.03. The van der Waals surface area contributed by atoms with Gasteiger partial charge in [-0.2, -0.15) is 13.2 Å². The van der Waals surface area contributed by atoms with Crippen LogP contribution in [0.4, 0.5) is 13.2 Å². The molecule has 2 aromatic rings. The molecule has 2 atom stereocenters. The van der Waals surface area contributed by atoms with E-state index in [1.54, 1.807) is 32.9 Å². The normalized spacial score (nSPS) is 15.7. The highest BCUT2D eigenvalue weighted by Gasteiger charge is 2.47. The Morgan fingerprint density at radius 2 is 1.85 bits per heavy atom. The van der Waals surface area contributed by atoms with Crippen LogP contribution in [-0.2, 0) is 17.9 Å². The summed E-state index contributed by atoms with van der Waals surface area (Å²) in [5.41, 5.74) is 0.818. The van der Waals surface area contributed by atoms with E-state index < -0.39 is 28.3 Å². The first kappa shape index (κ1) is 21.6. The molecule has 1 aromatic carbocycles. The van der Waals surface area contributed by atoms with E-state index >= 15 is 0 Å². The molecule has 0 saturated carbocycles. The third-order valence-corrected chi connectivity index (χ3v) is 5.91. The second-order valence-corrected chi connectivity index (χ2v) is 10.7.